The lowest BCUT2D eigenvalue weighted by atomic mass is 9.99. The highest BCUT2D eigenvalue weighted by molar-refractivity contribution is 5.94. The van der Waals surface area contributed by atoms with E-state index in [0.29, 0.717) is 17.8 Å². The number of imidazole rings is 1. The van der Waals surface area contributed by atoms with Crippen LogP contribution in [0.4, 0.5) is 5.69 Å². The van der Waals surface area contributed by atoms with Crippen molar-refractivity contribution in [2.75, 3.05) is 5.32 Å². The van der Waals surface area contributed by atoms with Gasteiger partial charge in [0.25, 0.3) is 0 Å². The van der Waals surface area contributed by atoms with Gasteiger partial charge in [-0.15, -0.1) is 0 Å². The summed E-state index contributed by atoms with van der Waals surface area (Å²) in [5.41, 5.74) is 4.11. The Labute approximate surface area is 116 Å². The van der Waals surface area contributed by atoms with Crippen molar-refractivity contribution in [1.82, 2.24) is 9.55 Å². The summed E-state index contributed by atoms with van der Waals surface area (Å²) in [5.74, 6) is 0.848. The molecule has 0 unspecified atom stereocenters. The fourth-order valence-corrected chi connectivity index (χ4v) is 2.51. The summed E-state index contributed by atoms with van der Waals surface area (Å²) < 4.78 is 1.78. The minimum atomic E-state index is 0.0486. The number of nitrogens with one attached hydrogen (secondary N) is 1. The van der Waals surface area contributed by atoms with Gasteiger partial charge >= 0.3 is 0 Å². The van der Waals surface area contributed by atoms with Crippen LogP contribution in [0.25, 0.3) is 11.3 Å². The van der Waals surface area contributed by atoms with Crippen molar-refractivity contribution < 1.29 is 9.59 Å². The SMILES string of the molecule is Cc1nc(-c2ccc3c(c2)CCC(=O)N3)c(C=O)n1C. The molecule has 0 fully saturated rings. The molecule has 1 aromatic heterocycles. The van der Waals surface area contributed by atoms with Gasteiger partial charge in [0.05, 0.1) is 5.69 Å². The molecule has 5 heteroatoms. The molecular formula is C15H15N3O2. The van der Waals surface area contributed by atoms with Crippen molar-refractivity contribution in [2.24, 2.45) is 7.05 Å². The van der Waals surface area contributed by atoms with Gasteiger partial charge in [-0.2, -0.15) is 0 Å². The summed E-state index contributed by atoms with van der Waals surface area (Å²) >= 11 is 0. The van der Waals surface area contributed by atoms with Gasteiger partial charge in [-0.25, -0.2) is 4.98 Å². The number of aromatic nitrogens is 2. The number of anilines is 1. The minimum absolute atomic E-state index is 0.0486. The third-order valence-electron chi connectivity index (χ3n) is 3.75. The first-order chi connectivity index (χ1) is 9.60. The van der Waals surface area contributed by atoms with E-state index in [9.17, 15) is 9.59 Å². The molecule has 0 spiro atoms. The molecule has 5 nitrogen and oxygen atoms in total. The Bertz CT molecular complexity index is 716. The van der Waals surface area contributed by atoms with Crippen LogP contribution in [0.1, 0.15) is 28.3 Å². The Kier molecular flexibility index (Phi) is 2.89. The van der Waals surface area contributed by atoms with E-state index < -0.39 is 0 Å². The summed E-state index contributed by atoms with van der Waals surface area (Å²) in [6.07, 6.45) is 2.05. The topological polar surface area (TPSA) is 64.0 Å². The fraction of sp³-hybridized carbons (Fsp3) is 0.267. The highest BCUT2D eigenvalue weighted by Gasteiger charge is 2.18. The molecule has 0 saturated heterocycles. The molecule has 102 valence electrons. The van der Waals surface area contributed by atoms with Crippen LogP contribution in [-0.4, -0.2) is 21.7 Å². The molecule has 2 heterocycles. The van der Waals surface area contributed by atoms with Gasteiger partial charge in [0.15, 0.2) is 6.29 Å². The van der Waals surface area contributed by atoms with E-state index in [-0.39, 0.29) is 5.91 Å². The maximum atomic E-state index is 11.4. The van der Waals surface area contributed by atoms with Crippen molar-refractivity contribution in [1.29, 1.82) is 0 Å². The quantitative estimate of drug-likeness (QED) is 0.849. The predicted molar refractivity (Wildman–Crippen MR) is 75.7 cm³/mol. The minimum Gasteiger partial charge on any atom is -0.329 e. The normalized spacial score (nSPS) is 13.8. The Hall–Kier alpha value is -2.43. The van der Waals surface area contributed by atoms with Crippen molar-refractivity contribution in [3.63, 3.8) is 0 Å². The third kappa shape index (κ3) is 1.91. The summed E-state index contributed by atoms with van der Waals surface area (Å²) in [4.78, 5) is 27.1. The summed E-state index contributed by atoms with van der Waals surface area (Å²) in [6, 6.07) is 5.77. The number of carbonyl (C=O) groups excluding carboxylic acids is 2. The first-order valence-corrected chi connectivity index (χ1v) is 6.52. The zero-order valence-electron chi connectivity index (χ0n) is 11.4. The number of aldehydes is 1. The van der Waals surface area contributed by atoms with Gasteiger partial charge in [-0.3, -0.25) is 9.59 Å². The van der Waals surface area contributed by atoms with Crippen LogP contribution in [0.2, 0.25) is 0 Å². The molecule has 0 aliphatic carbocycles. The van der Waals surface area contributed by atoms with Gasteiger partial charge in [0.1, 0.15) is 11.5 Å². The lowest BCUT2D eigenvalue weighted by Gasteiger charge is -2.17. The molecule has 20 heavy (non-hydrogen) atoms. The molecular weight excluding hydrogens is 254 g/mol. The number of carbonyl (C=O) groups is 2. The van der Waals surface area contributed by atoms with Crippen molar-refractivity contribution in [3.8, 4) is 11.3 Å². The lowest BCUT2D eigenvalue weighted by molar-refractivity contribution is -0.116. The number of rotatable bonds is 2. The average Bonchev–Trinajstić information content (AvgIpc) is 2.73. The van der Waals surface area contributed by atoms with Gasteiger partial charge in [0, 0.05) is 24.7 Å². The molecule has 1 amide bonds. The number of nitrogens with zero attached hydrogens (tertiary/aromatic N) is 2. The van der Waals surface area contributed by atoms with E-state index in [1.807, 2.05) is 32.2 Å². The smallest absolute Gasteiger partial charge is 0.224 e. The Morgan fingerprint density at radius 2 is 2.15 bits per heavy atom. The van der Waals surface area contributed by atoms with Crippen LogP contribution in [0.15, 0.2) is 18.2 Å². The maximum Gasteiger partial charge on any atom is 0.224 e. The monoisotopic (exact) mass is 269 g/mol. The van der Waals surface area contributed by atoms with Gasteiger partial charge < -0.3 is 9.88 Å². The van der Waals surface area contributed by atoms with E-state index in [1.54, 1.807) is 4.57 Å². The van der Waals surface area contributed by atoms with Crippen molar-refractivity contribution in [2.45, 2.75) is 19.8 Å². The van der Waals surface area contributed by atoms with Gasteiger partial charge in [0.2, 0.25) is 5.91 Å². The van der Waals surface area contributed by atoms with Crippen LogP contribution < -0.4 is 5.32 Å². The Morgan fingerprint density at radius 3 is 2.90 bits per heavy atom. The molecule has 1 aliphatic rings. The summed E-state index contributed by atoms with van der Waals surface area (Å²) in [5, 5.41) is 2.85. The number of hydrogen-bond acceptors (Lipinski definition) is 3. The first kappa shape index (κ1) is 12.6. The summed E-state index contributed by atoms with van der Waals surface area (Å²) in [7, 11) is 1.83. The predicted octanol–water partition coefficient (Wildman–Crippen LogP) is 2.09. The van der Waals surface area contributed by atoms with E-state index >= 15 is 0 Å². The van der Waals surface area contributed by atoms with E-state index in [2.05, 4.69) is 10.3 Å². The second-order valence-electron chi connectivity index (χ2n) is 4.99. The van der Waals surface area contributed by atoms with Crippen LogP contribution in [-0.2, 0) is 18.3 Å². The number of benzene rings is 1. The average molecular weight is 269 g/mol. The fourth-order valence-electron chi connectivity index (χ4n) is 2.51. The number of amides is 1. The summed E-state index contributed by atoms with van der Waals surface area (Å²) in [6.45, 7) is 1.87. The molecule has 0 saturated carbocycles. The Balaban J connectivity index is 2.10. The molecule has 1 aliphatic heterocycles. The lowest BCUT2D eigenvalue weighted by Crippen LogP contribution is -2.18. The van der Waals surface area contributed by atoms with E-state index in [1.165, 1.54) is 0 Å². The van der Waals surface area contributed by atoms with E-state index in [0.717, 1.165) is 35.3 Å². The maximum absolute atomic E-state index is 11.4. The zero-order chi connectivity index (χ0) is 14.3. The second-order valence-corrected chi connectivity index (χ2v) is 4.99. The molecule has 0 radical (unpaired) electrons. The van der Waals surface area contributed by atoms with Crippen molar-refractivity contribution in [3.05, 3.63) is 35.3 Å². The zero-order valence-corrected chi connectivity index (χ0v) is 11.4. The standard InChI is InChI=1S/C15H15N3O2/c1-9-16-15(13(8-19)18(9)2)11-3-5-12-10(7-11)4-6-14(20)17-12/h3,5,7-8H,4,6H2,1-2H3,(H,17,20). The van der Waals surface area contributed by atoms with Crippen LogP contribution in [0.5, 0.6) is 0 Å². The second kappa shape index (κ2) is 4.59. The largest absolute Gasteiger partial charge is 0.329 e. The first-order valence-electron chi connectivity index (χ1n) is 6.52. The molecule has 0 atom stereocenters. The molecule has 3 rings (SSSR count). The number of aryl methyl sites for hydroxylation is 2. The van der Waals surface area contributed by atoms with E-state index in [4.69, 9.17) is 0 Å². The number of hydrogen-bond donors (Lipinski definition) is 1. The molecule has 1 N–H and O–H groups in total. The van der Waals surface area contributed by atoms with Gasteiger partial charge in [-0.1, -0.05) is 6.07 Å². The highest BCUT2D eigenvalue weighted by Crippen LogP contribution is 2.29. The van der Waals surface area contributed by atoms with Crippen LogP contribution in [0.3, 0.4) is 0 Å². The molecule has 1 aromatic carbocycles. The Morgan fingerprint density at radius 1 is 1.35 bits per heavy atom. The molecule has 0 bridgehead atoms. The highest BCUT2D eigenvalue weighted by atomic mass is 16.1. The molecule has 2 aromatic rings. The van der Waals surface area contributed by atoms with Crippen molar-refractivity contribution >= 4 is 17.9 Å². The van der Waals surface area contributed by atoms with Crippen LogP contribution >= 0.6 is 0 Å². The number of fused-ring (bicyclic) bond motifs is 1. The van der Waals surface area contributed by atoms with Crippen LogP contribution in [0, 0.1) is 6.92 Å². The third-order valence-corrected chi connectivity index (χ3v) is 3.75. The van der Waals surface area contributed by atoms with Gasteiger partial charge in [-0.05, 0) is 31.0 Å².